The molecule has 1 aliphatic carbocycles. The first-order chi connectivity index (χ1) is 12.3. The number of benzene rings is 1. The van der Waals surface area contributed by atoms with E-state index in [9.17, 15) is 24.8 Å². The second kappa shape index (κ2) is 7.11. The van der Waals surface area contributed by atoms with Crippen LogP contribution in [0.1, 0.15) is 25.7 Å². The second-order valence-electron chi connectivity index (χ2n) is 6.79. The zero-order chi connectivity index (χ0) is 18.9. The first kappa shape index (κ1) is 18.4. The number of nitro groups is 1. The van der Waals surface area contributed by atoms with Crippen molar-refractivity contribution in [3.8, 4) is 5.75 Å². The van der Waals surface area contributed by atoms with Gasteiger partial charge in [0.2, 0.25) is 5.91 Å². The Labute approximate surface area is 154 Å². The summed E-state index contributed by atoms with van der Waals surface area (Å²) in [7, 11) is 0. The summed E-state index contributed by atoms with van der Waals surface area (Å²) < 4.78 is 5.39. The Morgan fingerprint density at radius 3 is 2.88 bits per heavy atom. The number of carbonyl (C=O) groups is 2. The molecular weight excluding hydrogens is 364 g/mol. The first-order valence-corrected chi connectivity index (χ1v) is 8.79. The van der Waals surface area contributed by atoms with Crippen LogP contribution in [0.5, 0.6) is 5.75 Å². The van der Waals surface area contributed by atoms with Crippen molar-refractivity contribution in [2.75, 3.05) is 19.7 Å². The van der Waals surface area contributed by atoms with Gasteiger partial charge in [-0.05, 0) is 30.9 Å². The quantitative estimate of drug-likeness (QED) is 0.598. The highest BCUT2D eigenvalue weighted by atomic mass is 35.5. The predicted molar refractivity (Wildman–Crippen MR) is 92.2 cm³/mol. The van der Waals surface area contributed by atoms with Crippen molar-refractivity contribution >= 4 is 29.2 Å². The van der Waals surface area contributed by atoms with Gasteiger partial charge >= 0.3 is 11.7 Å². The zero-order valence-corrected chi connectivity index (χ0v) is 14.8. The molecule has 2 atom stereocenters. The van der Waals surface area contributed by atoms with Crippen LogP contribution in [0.3, 0.4) is 0 Å². The number of hydrogen-bond donors (Lipinski definition) is 1. The molecule has 1 heterocycles. The Morgan fingerprint density at radius 1 is 1.46 bits per heavy atom. The molecule has 140 valence electrons. The van der Waals surface area contributed by atoms with Crippen LogP contribution in [0, 0.1) is 21.4 Å². The molecule has 0 unspecified atom stereocenters. The number of rotatable bonds is 6. The summed E-state index contributed by atoms with van der Waals surface area (Å²) >= 11 is 5.75. The van der Waals surface area contributed by atoms with E-state index in [0.717, 1.165) is 12.8 Å². The number of aliphatic carboxylic acids is 1. The Hall–Kier alpha value is -2.35. The maximum absolute atomic E-state index is 12.4. The number of likely N-dealkylation sites (tertiary alicyclic amines) is 1. The van der Waals surface area contributed by atoms with Gasteiger partial charge in [-0.15, -0.1) is 0 Å². The first-order valence-electron chi connectivity index (χ1n) is 8.41. The summed E-state index contributed by atoms with van der Waals surface area (Å²) in [4.78, 5) is 36.1. The summed E-state index contributed by atoms with van der Waals surface area (Å²) in [5, 5.41) is 20.8. The fourth-order valence-electron chi connectivity index (χ4n) is 3.99. The van der Waals surface area contributed by atoms with Crippen molar-refractivity contribution in [1.29, 1.82) is 0 Å². The lowest BCUT2D eigenvalue weighted by molar-refractivity contribution is -0.385. The summed E-state index contributed by atoms with van der Waals surface area (Å²) in [6, 6.07) is 4.06. The van der Waals surface area contributed by atoms with Gasteiger partial charge in [-0.3, -0.25) is 19.7 Å². The van der Waals surface area contributed by atoms with Gasteiger partial charge in [0, 0.05) is 24.2 Å². The minimum Gasteiger partial charge on any atom is -0.486 e. The molecule has 1 aromatic carbocycles. The maximum Gasteiger partial charge on any atom is 0.312 e. The van der Waals surface area contributed by atoms with Crippen molar-refractivity contribution in [2.24, 2.45) is 11.3 Å². The van der Waals surface area contributed by atoms with Crippen LogP contribution in [0.25, 0.3) is 0 Å². The maximum atomic E-state index is 12.4. The van der Waals surface area contributed by atoms with Crippen molar-refractivity contribution in [3.63, 3.8) is 0 Å². The largest absolute Gasteiger partial charge is 0.486 e. The van der Waals surface area contributed by atoms with E-state index in [0.29, 0.717) is 13.0 Å². The molecule has 9 heteroatoms. The number of amides is 1. The molecule has 1 saturated heterocycles. The summed E-state index contributed by atoms with van der Waals surface area (Å²) in [5.74, 6) is -0.977. The SMILES string of the molecule is O=C(CCOc1ccc(Cl)cc1[N+](=O)[O-])N1C[C@@H]2CCC[C@@]2(C(=O)O)C1. The fraction of sp³-hybridized carbons (Fsp3) is 0.529. The van der Waals surface area contributed by atoms with Crippen LogP contribution in [-0.4, -0.2) is 46.5 Å². The van der Waals surface area contributed by atoms with Gasteiger partial charge in [0.1, 0.15) is 0 Å². The van der Waals surface area contributed by atoms with Crippen LogP contribution in [-0.2, 0) is 9.59 Å². The van der Waals surface area contributed by atoms with Gasteiger partial charge in [-0.25, -0.2) is 0 Å². The molecule has 1 aromatic rings. The fourth-order valence-corrected chi connectivity index (χ4v) is 4.16. The van der Waals surface area contributed by atoms with E-state index in [2.05, 4.69) is 0 Å². The van der Waals surface area contributed by atoms with Crippen molar-refractivity contribution in [2.45, 2.75) is 25.7 Å². The average molecular weight is 383 g/mol. The van der Waals surface area contributed by atoms with Crippen molar-refractivity contribution in [3.05, 3.63) is 33.3 Å². The summed E-state index contributed by atoms with van der Waals surface area (Å²) in [6.07, 6.45) is 2.33. The second-order valence-corrected chi connectivity index (χ2v) is 7.23. The van der Waals surface area contributed by atoms with Gasteiger partial charge in [0.15, 0.2) is 5.75 Å². The number of nitrogens with zero attached hydrogens (tertiary/aromatic N) is 2. The van der Waals surface area contributed by atoms with E-state index in [1.165, 1.54) is 18.2 Å². The highest BCUT2D eigenvalue weighted by Crippen LogP contribution is 2.49. The normalized spacial score (nSPS) is 24.3. The van der Waals surface area contributed by atoms with E-state index in [-0.39, 0.29) is 47.9 Å². The van der Waals surface area contributed by atoms with E-state index >= 15 is 0 Å². The molecule has 0 aromatic heterocycles. The number of fused-ring (bicyclic) bond motifs is 1. The average Bonchev–Trinajstić information content (AvgIpc) is 3.14. The third-order valence-corrected chi connectivity index (χ3v) is 5.58. The van der Waals surface area contributed by atoms with Crippen LogP contribution < -0.4 is 4.74 Å². The number of halogens is 1. The Kier molecular flexibility index (Phi) is 5.04. The Morgan fingerprint density at radius 2 is 2.23 bits per heavy atom. The van der Waals surface area contributed by atoms with E-state index in [1.807, 2.05) is 0 Å². The lowest BCUT2D eigenvalue weighted by Crippen LogP contribution is -2.37. The molecule has 0 bridgehead atoms. The molecule has 0 radical (unpaired) electrons. The molecule has 1 amide bonds. The molecule has 2 fully saturated rings. The highest BCUT2D eigenvalue weighted by Gasteiger charge is 2.55. The monoisotopic (exact) mass is 382 g/mol. The molecule has 0 spiro atoms. The number of hydrogen-bond acceptors (Lipinski definition) is 5. The lowest BCUT2D eigenvalue weighted by Gasteiger charge is -2.23. The zero-order valence-electron chi connectivity index (χ0n) is 14.0. The van der Waals surface area contributed by atoms with Crippen molar-refractivity contribution in [1.82, 2.24) is 4.90 Å². The molecule has 3 rings (SSSR count). The van der Waals surface area contributed by atoms with Crippen LogP contribution in [0.4, 0.5) is 5.69 Å². The molecule has 1 N–H and O–H groups in total. The standard InChI is InChI=1S/C17H19ClN2O6/c18-12-3-4-14(13(8-12)20(24)25)26-7-5-15(21)19-9-11-2-1-6-17(11,10-19)16(22)23/h3-4,8,11H,1-2,5-7,9-10H2,(H,22,23)/t11-,17+/m0/s1. The van der Waals surface area contributed by atoms with Gasteiger partial charge in [-0.1, -0.05) is 18.0 Å². The number of ether oxygens (including phenoxy) is 1. The minimum absolute atomic E-state index is 0.00206. The third-order valence-electron chi connectivity index (χ3n) is 5.34. The molecule has 1 saturated carbocycles. The molecule has 1 aliphatic heterocycles. The van der Waals surface area contributed by atoms with E-state index in [1.54, 1.807) is 4.90 Å². The summed E-state index contributed by atoms with van der Waals surface area (Å²) in [5.41, 5.74) is -1.07. The number of nitro benzene ring substituents is 1. The molecule has 2 aliphatic rings. The number of carboxylic acid groups (broad SMARTS) is 1. The van der Waals surface area contributed by atoms with E-state index in [4.69, 9.17) is 16.3 Å². The Balaban J connectivity index is 1.58. The summed E-state index contributed by atoms with van der Waals surface area (Å²) in [6.45, 7) is 0.654. The molecule has 26 heavy (non-hydrogen) atoms. The number of carboxylic acids is 1. The number of carbonyl (C=O) groups excluding carboxylic acids is 1. The van der Waals surface area contributed by atoms with Crippen LogP contribution in [0.15, 0.2) is 18.2 Å². The van der Waals surface area contributed by atoms with Gasteiger partial charge in [0.25, 0.3) is 0 Å². The van der Waals surface area contributed by atoms with Crippen LogP contribution in [0.2, 0.25) is 5.02 Å². The third kappa shape index (κ3) is 3.33. The molecular formula is C17H19ClN2O6. The minimum atomic E-state index is -0.830. The smallest absolute Gasteiger partial charge is 0.312 e. The Bertz CT molecular complexity index is 755. The van der Waals surface area contributed by atoms with Gasteiger partial charge < -0.3 is 14.7 Å². The topological polar surface area (TPSA) is 110 Å². The molecule has 8 nitrogen and oxygen atoms in total. The van der Waals surface area contributed by atoms with Gasteiger partial charge in [-0.2, -0.15) is 0 Å². The van der Waals surface area contributed by atoms with Crippen molar-refractivity contribution < 1.29 is 24.4 Å². The highest BCUT2D eigenvalue weighted by molar-refractivity contribution is 6.30. The predicted octanol–water partition coefficient (Wildman–Crippen LogP) is 2.73. The lowest BCUT2D eigenvalue weighted by atomic mass is 9.81. The van der Waals surface area contributed by atoms with Gasteiger partial charge in [0.05, 0.1) is 23.4 Å². The van der Waals surface area contributed by atoms with Crippen LogP contribution >= 0.6 is 11.6 Å². The van der Waals surface area contributed by atoms with E-state index < -0.39 is 16.3 Å².